The summed E-state index contributed by atoms with van der Waals surface area (Å²) in [6.45, 7) is 3.22. The Kier molecular flexibility index (Phi) is 11.0. The topological polar surface area (TPSA) is 41.6 Å². The molecule has 39 heavy (non-hydrogen) atoms. The number of rotatable bonds is 11. The zero-order valence-corrected chi connectivity index (χ0v) is 21.9. The predicted molar refractivity (Wildman–Crippen MR) is 133 cm³/mol. The monoisotopic (exact) mass is 568 g/mol. The molecule has 2 aromatic carbocycles. The van der Waals surface area contributed by atoms with Gasteiger partial charge in [-0.05, 0) is 94.7 Å². The number of nitrogens with zero attached hydrogens (tertiary/aromatic N) is 1. The van der Waals surface area contributed by atoms with Gasteiger partial charge in [-0.25, -0.2) is 4.79 Å². The zero-order valence-electron chi connectivity index (χ0n) is 21.9. The van der Waals surface area contributed by atoms with Crippen LogP contribution in [0.3, 0.4) is 0 Å². The number of hydrogen-bond donors (Lipinski definition) is 1. The first-order valence-corrected chi connectivity index (χ1v) is 12.4. The van der Waals surface area contributed by atoms with Crippen molar-refractivity contribution in [3.63, 3.8) is 0 Å². The van der Waals surface area contributed by atoms with Crippen molar-refractivity contribution < 1.29 is 44.7 Å². The first kappa shape index (κ1) is 32.2. The van der Waals surface area contributed by atoms with Gasteiger partial charge < -0.3 is 4.74 Å². The molecule has 0 saturated heterocycles. The van der Waals surface area contributed by atoms with Gasteiger partial charge in [0.2, 0.25) is 0 Å². The van der Waals surface area contributed by atoms with Gasteiger partial charge in [-0.2, -0.15) is 31.4 Å². The van der Waals surface area contributed by atoms with E-state index >= 15 is 0 Å². The van der Waals surface area contributed by atoms with E-state index in [-0.39, 0.29) is 61.0 Å². The molecule has 4 nitrogen and oxygen atoms in total. The van der Waals surface area contributed by atoms with Crippen molar-refractivity contribution in [3.8, 4) is 0 Å². The second kappa shape index (κ2) is 13.3. The van der Waals surface area contributed by atoms with Gasteiger partial charge in [0, 0.05) is 0 Å². The molecule has 0 unspecified atom stereocenters. The fourth-order valence-corrected chi connectivity index (χ4v) is 3.79. The van der Waals surface area contributed by atoms with E-state index in [1.165, 1.54) is 39.0 Å². The Bertz CT molecular complexity index is 1090. The quantitative estimate of drug-likeness (QED) is 0.167. The number of carbonyl (C=O) groups is 1. The van der Waals surface area contributed by atoms with E-state index in [2.05, 4.69) is 5.43 Å². The zero-order chi connectivity index (χ0) is 29.4. The highest BCUT2D eigenvalue weighted by Gasteiger charge is 2.36. The summed E-state index contributed by atoms with van der Waals surface area (Å²) in [6.07, 6.45) is -10.3. The Morgan fingerprint density at radius 1 is 0.769 bits per heavy atom. The Morgan fingerprint density at radius 3 is 1.72 bits per heavy atom. The van der Waals surface area contributed by atoms with Gasteiger partial charge in [0.15, 0.2) is 0 Å². The highest BCUT2D eigenvalue weighted by atomic mass is 19.4. The second-order valence-corrected chi connectivity index (χ2v) is 9.93. The normalized spacial score (nSPS) is 12.4. The van der Waals surface area contributed by atoms with Crippen LogP contribution in [0.5, 0.6) is 0 Å². The maximum Gasteiger partial charge on any atom is 0.433 e. The number of halogens is 8. The van der Waals surface area contributed by atoms with Crippen LogP contribution in [-0.4, -0.2) is 25.0 Å². The number of hydrazine groups is 1. The maximum atomic E-state index is 13.9. The summed E-state index contributed by atoms with van der Waals surface area (Å²) in [6, 6.07) is 6.19. The lowest BCUT2D eigenvalue weighted by molar-refractivity contribution is -0.139. The lowest BCUT2D eigenvalue weighted by Gasteiger charge is -2.29. The number of carbonyl (C=O) groups excluding carboxylic acids is 1. The average molecular weight is 569 g/mol. The molecule has 0 aliphatic rings. The van der Waals surface area contributed by atoms with Crippen LogP contribution in [0.2, 0.25) is 0 Å². The SMILES string of the molecule is CC(C)(C)OC(=O)N(Nc1ccc(CCCCF)c(C(F)(F)F)c1)c1ccc(CCCCF)c(C(F)(F)F)c1. The molecule has 2 aromatic rings. The fourth-order valence-electron chi connectivity index (χ4n) is 3.79. The van der Waals surface area contributed by atoms with Gasteiger partial charge >= 0.3 is 18.4 Å². The van der Waals surface area contributed by atoms with Crippen LogP contribution in [0, 0.1) is 0 Å². The van der Waals surface area contributed by atoms with Gasteiger partial charge in [0.25, 0.3) is 0 Å². The van der Waals surface area contributed by atoms with Crippen molar-refractivity contribution in [2.24, 2.45) is 0 Å². The molecule has 0 heterocycles. The Balaban J connectivity index is 2.54. The van der Waals surface area contributed by atoms with Gasteiger partial charge in [-0.15, -0.1) is 0 Å². The second-order valence-electron chi connectivity index (χ2n) is 9.93. The summed E-state index contributed by atoms with van der Waals surface area (Å²) in [7, 11) is 0. The van der Waals surface area contributed by atoms with Gasteiger partial charge in [0.1, 0.15) is 5.60 Å². The molecule has 0 atom stereocenters. The number of benzene rings is 2. The van der Waals surface area contributed by atoms with Crippen LogP contribution in [0.15, 0.2) is 36.4 Å². The molecular formula is C27H32F8N2O2. The molecule has 0 fully saturated rings. The summed E-state index contributed by atoms with van der Waals surface area (Å²) in [5.41, 5.74) is -1.45. The third-order valence-electron chi connectivity index (χ3n) is 5.55. The highest BCUT2D eigenvalue weighted by Crippen LogP contribution is 2.37. The molecule has 0 saturated carbocycles. The average Bonchev–Trinajstić information content (AvgIpc) is 2.81. The predicted octanol–water partition coefficient (Wildman–Crippen LogP) is 9.08. The number of anilines is 2. The summed E-state index contributed by atoms with van der Waals surface area (Å²) in [5, 5.41) is 0.601. The minimum absolute atomic E-state index is 0.0341. The van der Waals surface area contributed by atoms with Crippen LogP contribution in [0.25, 0.3) is 0 Å². The van der Waals surface area contributed by atoms with Crippen molar-refractivity contribution in [2.45, 2.75) is 77.2 Å². The Morgan fingerprint density at radius 2 is 1.26 bits per heavy atom. The maximum absolute atomic E-state index is 13.9. The molecule has 218 valence electrons. The van der Waals surface area contributed by atoms with E-state index in [9.17, 15) is 39.9 Å². The number of hydrogen-bond acceptors (Lipinski definition) is 3. The molecule has 0 spiro atoms. The number of aryl methyl sites for hydroxylation is 2. The molecule has 1 amide bonds. The first-order valence-electron chi connectivity index (χ1n) is 12.4. The standard InChI is InChI=1S/C27H32F8N2O2/c1-25(2,3)39-24(38)37(21-13-11-19(9-5-7-15-29)23(17-21)27(33,34)35)36-20-12-10-18(8-4-6-14-28)22(16-20)26(30,31)32/h10-13,16-17,36H,4-9,14-15H2,1-3H3. The summed E-state index contributed by atoms with van der Waals surface area (Å²) in [4.78, 5) is 13.0. The molecule has 12 heteroatoms. The van der Waals surface area contributed by atoms with Crippen LogP contribution >= 0.6 is 0 Å². The van der Waals surface area contributed by atoms with E-state index < -0.39 is 48.5 Å². The van der Waals surface area contributed by atoms with Crippen molar-refractivity contribution in [1.29, 1.82) is 0 Å². The molecule has 2 rings (SSSR count). The lowest BCUT2D eigenvalue weighted by Crippen LogP contribution is -2.41. The molecule has 0 aliphatic heterocycles. The summed E-state index contributed by atoms with van der Waals surface area (Å²) < 4.78 is 113. The molecule has 0 aliphatic carbocycles. The first-order chi connectivity index (χ1) is 18.1. The van der Waals surface area contributed by atoms with E-state index in [4.69, 9.17) is 4.74 Å². The van der Waals surface area contributed by atoms with Gasteiger partial charge in [0.05, 0.1) is 35.9 Å². The van der Waals surface area contributed by atoms with Crippen molar-refractivity contribution in [1.82, 2.24) is 0 Å². The minimum Gasteiger partial charge on any atom is -0.442 e. The van der Waals surface area contributed by atoms with Crippen molar-refractivity contribution in [3.05, 3.63) is 58.7 Å². The smallest absolute Gasteiger partial charge is 0.433 e. The summed E-state index contributed by atoms with van der Waals surface area (Å²) >= 11 is 0. The molecule has 0 bridgehead atoms. The third-order valence-corrected chi connectivity index (χ3v) is 5.55. The van der Waals surface area contributed by atoms with Crippen LogP contribution in [0.1, 0.15) is 68.7 Å². The van der Waals surface area contributed by atoms with Crippen molar-refractivity contribution >= 4 is 17.5 Å². The van der Waals surface area contributed by atoms with Gasteiger partial charge in [-0.3, -0.25) is 14.2 Å². The fraction of sp³-hybridized carbons (Fsp3) is 0.519. The number of nitrogens with one attached hydrogen (secondary N) is 1. The van der Waals surface area contributed by atoms with Crippen LogP contribution in [0.4, 0.5) is 51.3 Å². The number of alkyl halides is 8. The number of ether oxygens (including phenoxy) is 1. The van der Waals surface area contributed by atoms with Crippen molar-refractivity contribution in [2.75, 3.05) is 23.8 Å². The molecule has 0 aromatic heterocycles. The van der Waals surface area contributed by atoms with Crippen LogP contribution in [-0.2, 0) is 29.9 Å². The van der Waals surface area contributed by atoms with Crippen LogP contribution < -0.4 is 10.4 Å². The summed E-state index contributed by atoms with van der Waals surface area (Å²) in [5.74, 6) is 0. The third kappa shape index (κ3) is 9.89. The lowest BCUT2D eigenvalue weighted by atomic mass is 10.0. The van der Waals surface area contributed by atoms with E-state index in [1.807, 2.05) is 0 Å². The molecular weight excluding hydrogens is 536 g/mol. The molecule has 1 N–H and O–H groups in total. The molecule has 0 radical (unpaired) electrons. The number of unbranched alkanes of at least 4 members (excludes halogenated alkanes) is 2. The van der Waals surface area contributed by atoms with E-state index in [0.717, 1.165) is 12.1 Å². The highest BCUT2D eigenvalue weighted by molar-refractivity contribution is 5.90. The number of amides is 1. The van der Waals surface area contributed by atoms with E-state index in [1.54, 1.807) is 0 Å². The van der Waals surface area contributed by atoms with E-state index in [0.29, 0.717) is 11.1 Å². The van der Waals surface area contributed by atoms with Gasteiger partial charge in [-0.1, -0.05) is 12.1 Å². The largest absolute Gasteiger partial charge is 0.442 e. The Hall–Kier alpha value is -3.05. The Labute approximate surface area is 222 Å². The minimum atomic E-state index is -4.81.